The fraction of sp³-hybridized carbons (Fsp3) is 0.455. The number of guanidine groups is 1. The van der Waals surface area contributed by atoms with E-state index in [1.807, 2.05) is 23.5 Å². The third-order valence-electron chi connectivity index (χ3n) is 4.26. The second kappa shape index (κ2) is 23.2. The first-order valence-corrected chi connectivity index (χ1v) is 15.5. The molecule has 0 aromatic heterocycles. The van der Waals surface area contributed by atoms with Crippen LogP contribution in [-0.2, 0) is 20.9 Å². The Morgan fingerprint density at radius 2 is 1.82 bits per heavy atom. The fourth-order valence-corrected chi connectivity index (χ4v) is 4.50. The second-order valence-electron chi connectivity index (χ2n) is 7.09. The minimum absolute atomic E-state index is 0.0335. The van der Waals surface area contributed by atoms with E-state index in [0.29, 0.717) is 24.9 Å². The van der Waals surface area contributed by atoms with Crippen molar-refractivity contribution in [2.45, 2.75) is 50.1 Å². The van der Waals surface area contributed by atoms with E-state index in [9.17, 15) is 24.0 Å². The molecule has 0 aliphatic heterocycles. The van der Waals surface area contributed by atoms with Gasteiger partial charge in [0.2, 0.25) is 0 Å². The van der Waals surface area contributed by atoms with Crippen molar-refractivity contribution < 1.29 is 62.5 Å². The summed E-state index contributed by atoms with van der Waals surface area (Å²) in [5.74, 6) is -2.44. The number of benzene rings is 1. The Bertz CT molecular complexity index is 931. The minimum Gasteiger partial charge on any atom is -0.481 e. The number of hydrogen-bond donors (Lipinski definition) is 8. The van der Waals surface area contributed by atoms with E-state index in [1.165, 1.54) is 0 Å². The molecule has 38 heavy (non-hydrogen) atoms. The van der Waals surface area contributed by atoms with Crippen molar-refractivity contribution in [3.05, 3.63) is 29.3 Å². The first kappa shape index (κ1) is 37.2. The van der Waals surface area contributed by atoms with Gasteiger partial charge in [-0.05, 0) is 6.42 Å². The van der Waals surface area contributed by atoms with Crippen LogP contribution in [0, 0.1) is 23.3 Å². The van der Waals surface area contributed by atoms with Gasteiger partial charge in [0.05, 0.1) is 6.54 Å². The number of aliphatic hydroxyl groups is 1. The van der Waals surface area contributed by atoms with Gasteiger partial charge in [-0.3, -0.25) is 4.79 Å². The van der Waals surface area contributed by atoms with Gasteiger partial charge in [0.1, 0.15) is 12.3 Å². The molecule has 16 heteroatoms. The predicted molar refractivity (Wildman–Crippen MR) is 138 cm³/mol. The average molecular weight is 754 g/mol. The Morgan fingerprint density at radius 1 is 1.16 bits per heavy atom. The number of unbranched alkanes of at least 4 members (excludes halogenated alkanes) is 1. The van der Waals surface area contributed by atoms with Crippen LogP contribution in [0.5, 0.6) is 0 Å². The van der Waals surface area contributed by atoms with Crippen molar-refractivity contribution in [2.75, 3.05) is 20.2 Å². The van der Waals surface area contributed by atoms with Crippen molar-refractivity contribution >= 4 is 44.6 Å². The summed E-state index contributed by atoms with van der Waals surface area (Å²) in [4.78, 5) is 58.7. The number of urea groups is 1. The molecule has 0 heterocycles. The van der Waals surface area contributed by atoms with Gasteiger partial charge in [-0.1, -0.05) is 0 Å². The molecule has 14 nitrogen and oxygen atoms in total. The van der Waals surface area contributed by atoms with Gasteiger partial charge in [-0.15, -0.1) is 0 Å². The van der Waals surface area contributed by atoms with E-state index in [-0.39, 0.29) is 31.3 Å². The number of carbonyl (C=O) groups is 5. The number of nitrogens with one attached hydrogen (secondary N) is 3. The topological polar surface area (TPSA) is 247 Å². The zero-order valence-electron chi connectivity index (χ0n) is 21.1. The number of nitrogens with two attached hydrogens (primary N) is 2. The van der Waals surface area contributed by atoms with Crippen LogP contribution in [0.3, 0.4) is 0 Å². The molecule has 3 amide bonds. The van der Waals surface area contributed by atoms with Gasteiger partial charge in [-0.25, -0.2) is 9.59 Å². The summed E-state index contributed by atoms with van der Waals surface area (Å²) < 4.78 is 0. The molecule has 1 aromatic carbocycles. The first-order chi connectivity index (χ1) is 18.0. The van der Waals surface area contributed by atoms with E-state index in [4.69, 9.17) is 26.8 Å². The Balaban J connectivity index is 0. The number of rotatable bonds is 14. The van der Waals surface area contributed by atoms with Gasteiger partial charge in [0.15, 0.2) is 0 Å². The average Bonchev–Trinajstić information content (AvgIpc) is 2.89. The number of nitrogens with zero attached hydrogens (tertiary/aromatic N) is 1. The van der Waals surface area contributed by atoms with Gasteiger partial charge in [0, 0.05) is 13.5 Å². The molecule has 0 fully saturated rings. The number of aliphatic carboxylic acids is 2. The summed E-state index contributed by atoms with van der Waals surface area (Å²) in [5.41, 5.74) is 12.4. The van der Waals surface area contributed by atoms with Crippen LogP contribution in [0.4, 0.5) is 4.79 Å². The third-order valence-corrected chi connectivity index (χ3v) is 6.74. The minimum atomic E-state index is -1.33. The van der Waals surface area contributed by atoms with Crippen LogP contribution in [0.15, 0.2) is 28.1 Å². The third kappa shape index (κ3) is 18.3. The van der Waals surface area contributed by atoms with Crippen LogP contribution in [-0.4, -0.2) is 77.7 Å². The summed E-state index contributed by atoms with van der Waals surface area (Å²) in [6.07, 6.45) is 1.90. The summed E-state index contributed by atoms with van der Waals surface area (Å²) >= 11 is 1.56. The molecule has 1 atom stereocenters. The second-order valence-corrected chi connectivity index (χ2v) is 9.49. The van der Waals surface area contributed by atoms with E-state index < -0.39 is 24.0 Å². The van der Waals surface area contributed by atoms with E-state index in [0.717, 1.165) is 30.4 Å². The maximum Gasteiger partial charge on any atom is 0.326 e. The standard InChI is InChI=1S/C13H19AtN4OS.C8H12N2O6.CH4O/c1-2-3-6-17-12(19)9-4-5-10(8-18-13(15)16)11(7-9)20-14;11-4-3-9-8(16)10-5(7(14)15)1-2-6(12)13;1-2/h4-5,7H,2-3,6,8H2,1H3,(H,17,19)(H4,15,16,18);4-5H,1-3H2,(H,12,13)(H,14,15)(H2,9,10,16);2H,1H3. The molecular formula is C22H35AtN6O8S. The van der Waals surface area contributed by atoms with E-state index in [1.54, 1.807) is 31.8 Å². The Hall–Kier alpha value is -2.97. The van der Waals surface area contributed by atoms with Crippen molar-refractivity contribution in [1.29, 1.82) is 0 Å². The number of aliphatic imine (C=N–C) groups is 1. The van der Waals surface area contributed by atoms with E-state index >= 15 is 0 Å². The SMILES string of the molecule is CCCCNC(=O)c1ccc(CN=C(N)N)c(S[At])c1.CO.O=CCNC(=O)NC(CCC(=O)O)C(=O)O. The maximum absolute atomic E-state index is 12.0. The number of hydrogen-bond acceptors (Lipinski definition) is 8. The van der Waals surface area contributed by atoms with Gasteiger partial charge in [-0.2, -0.15) is 0 Å². The summed E-state index contributed by atoms with van der Waals surface area (Å²) in [7, 11) is 2.63. The fourth-order valence-electron chi connectivity index (χ4n) is 2.42. The maximum atomic E-state index is 12.0. The number of amides is 3. The van der Waals surface area contributed by atoms with Crippen LogP contribution in [0.2, 0.25) is 0 Å². The number of carboxylic acids is 2. The molecule has 0 saturated carbocycles. The van der Waals surface area contributed by atoms with Gasteiger partial charge in [0.25, 0.3) is 0 Å². The molecule has 1 aromatic rings. The number of carboxylic acid groups (broad SMARTS) is 2. The summed E-state index contributed by atoms with van der Waals surface area (Å²) in [6, 6.07) is 3.49. The Morgan fingerprint density at radius 3 is 2.32 bits per heavy atom. The molecule has 0 bridgehead atoms. The molecule has 0 radical (unpaired) electrons. The van der Waals surface area contributed by atoms with Crippen LogP contribution in [0.25, 0.3) is 0 Å². The number of aliphatic hydroxyl groups excluding tert-OH is 1. The summed E-state index contributed by atoms with van der Waals surface area (Å²) in [5, 5.41) is 31.0. The monoisotopic (exact) mass is 753 g/mol. The predicted octanol–water partition coefficient (Wildman–Crippen LogP) is -0.0427. The molecular weight excluding hydrogens is 718 g/mol. The Labute approximate surface area is 238 Å². The number of carbonyl (C=O) groups excluding carboxylic acids is 3. The van der Waals surface area contributed by atoms with Crippen molar-refractivity contribution in [1.82, 2.24) is 16.0 Å². The van der Waals surface area contributed by atoms with Gasteiger partial charge >= 0.3 is 155 Å². The van der Waals surface area contributed by atoms with Gasteiger partial charge < -0.3 is 30.7 Å². The molecule has 0 aliphatic carbocycles. The smallest absolute Gasteiger partial charge is 0.326 e. The van der Waals surface area contributed by atoms with Crippen LogP contribution < -0.4 is 27.4 Å². The van der Waals surface area contributed by atoms with E-state index in [2.05, 4.69) is 22.5 Å². The normalized spacial score (nSPS) is 10.2. The molecule has 0 aliphatic rings. The molecule has 10 N–H and O–H groups in total. The van der Waals surface area contributed by atoms with Crippen molar-refractivity contribution in [2.24, 2.45) is 16.5 Å². The molecule has 1 rings (SSSR count). The Kier molecular flexibility index (Phi) is 22.7. The van der Waals surface area contributed by atoms with Crippen LogP contribution in [0.1, 0.15) is 48.5 Å². The molecule has 214 valence electrons. The molecule has 0 saturated heterocycles. The zero-order valence-corrected chi connectivity index (χ0v) is 24.9. The number of aldehydes is 1. The summed E-state index contributed by atoms with van der Waals surface area (Å²) in [6.45, 7) is 3.00. The quantitative estimate of drug-likeness (QED) is 0.0542. The molecule has 1 unspecified atom stereocenters. The first-order valence-electron chi connectivity index (χ1n) is 11.2. The molecule has 0 spiro atoms. The van der Waals surface area contributed by atoms with Crippen molar-refractivity contribution in [3.8, 4) is 0 Å². The van der Waals surface area contributed by atoms with Crippen molar-refractivity contribution in [3.63, 3.8) is 0 Å². The largest absolute Gasteiger partial charge is 0.481 e. The van der Waals surface area contributed by atoms with Crippen LogP contribution >= 0.6 is 8.52 Å². The zero-order chi connectivity index (χ0) is 29.5.